The van der Waals surface area contributed by atoms with Crippen molar-refractivity contribution in [3.05, 3.63) is 47.9 Å². The van der Waals surface area contributed by atoms with Gasteiger partial charge in [0.15, 0.2) is 5.76 Å². The zero-order valence-electron chi connectivity index (χ0n) is 9.20. The summed E-state index contributed by atoms with van der Waals surface area (Å²) in [4.78, 5) is -0.0491. The second-order valence-electron chi connectivity index (χ2n) is 3.41. The molecule has 0 unspecified atom stereocenters. The van der Waals surface area contributed by atoms with Crippen molar-refractivity contribution in [2.75, 3.05) is 0 Å². The molecule has 6 nitrogen and oxygen atoms in total. The largest absolute Gasteiger partial charge is 0.360 e. The first-order valence-corrected chi connectivity index (χ1v) is 6.50. The van der Waals surface area contributed by atoms with Crippen LogP contribution in [0.2, 0.25) is 0 Å². The second-order valence-corrected chi connectivity index (χ2v) is 5.15. The minimum Gasteiger partial charge on any atom is -0.360 e. The SMILES string of the molecule is N#Cc1ccccc1S(=O)(=O)NCc1ccno1. The van der Waals surface area contributed by atoms with E-state index in [0.717, 1.165) is 0 Å². The van der Waals surface area contributed by atoms with Crippen LogP contribution in [0.3, 0.4) is 0 Å². The number of nitriles is 1. The third-order valence-electron chi connectivity index (χ3n) is 2.22. The van der Waals surface area contributed by atoms with Crippen molar-refractivity contribution in [1.82, 2.24) is 9.88 Å². The van der Waals surface area contributed by atoms with Gasteiger partial charge in [0.2, 0.25) is 10.0 Å². The minimum atomic E-state index is -3.74. The Kier molecular flexibility index (Phi) is 3.41. The fourth-order valence-electron chi connectivity index (χ4n) is 1.37. The van der Waals surface area contributed by atoms with Crippen LogP contribution in [0.5, 0.6) is 0 Å². The molecule has 92 valence electrons. The number of benzene rings is 1. The van der Waals surface area contributed by atoms with Crippen LogP contribution in [0.1, 0.15) is 11.3 Å². The first-order chi connectivity index (χ1) is 8.63. The first kappa shape index (κ1) is 12.3. The molecule has 2 aromatic rings. The van der Waals surface area contributed by atoms with E-state index in [1.165, 1.54) is 18.3 Å². The van der Waals surface area contributed by atoms with E-state index in [0.29, 0.717) is 5.76 Å². The molecule has 0 fully saturated rings. The first-order valence-electron chi connectivity index (χ1n) is 5.02. The Hall–Kier alpha value is -2.17. The van der Waals surface area contributed by atoms with Crippen LogP contribution in [-0.4, -0.2) is 13.6 Å². The van der Waals surface area contributed by atoms with E-state index in [4.69, 9.17) is 9.78 Å². The number of hydrogen-bond donors (Lipinski definition) is 1. The summed E-state index contributed by atoms with van der Waals surface area (Å²) in [5.74, 6) is 0.396. The summed E-state index contributed by atoms with van der Waals surface area (Å²) in [7, 11) is -3.74. The predicted molar refractivity (Wildman–Crippen MR) is 61.7 cm³/mol. The molecule has 1 aromatic carbocycles. The van der Waals surface area contributed by atoms with Crippen molar-refractivity contribution in [2.24, 2.45) is 0 Å². The molecule has 0 spiro atoms. The molecule has 1 heterocycles. The summed E-state index contributed by atoms with van der Waals surface area (Å²) < 4.78 is 31.1. The highest BCUT2D eigenvalue weighted by molar-refractivity contribution is 7.89. The molecule has 0 aliphatic rings. The van der Waals surface area contributed by atoms with Crippen molar-refractivity contribution >= 4 is 10.0 Å². The van der Waals surface area contributed by atoms with Gasteiger partial charge in [0, 0.05) is 6.07 Å². The monoisotopic (exact) mass is 263 g/mol. The summed E-state index contributed by atoms with van der Waals surface area (Å²) in [6.45, 7) is -0.0118. The average Bonchev–Trinajstić information content (AvgIpc) is 2.89. The summed E-state index contributed by atoms with van der Waals surface area (Å²) >= 11 is 0. The average molecular weight is 263 g/mol. The van der Waals surface area contributed by atoms with Crippen molar-refractivity contribution in [2.45, 2.75) is 11.4 Å². The van der Waals surface area contributed by atoms with Crippen LogP contribution < -0.4 is 4.72 Å². The molecule has 7 heteroatoms. The molecular formula is C11H9N3O3S. The molecule has 0 bridgehead atoms. The van der Waals surface area contributed by atoms with E-state index >= 15 is 0 Å². The second kappa shape index (κ2) is 5.00. The predicted octanol–water partition coefficient (Wildman–Crippen LogP) is 1.02. The maximum atomic E-state index is 12.0. The minimum absolute atomic E-state index is 0.0118. The Labute approximate surface area is 104 Å². The van der Waals surface area contributed by atoms with E-state index in [1.807, 2.05) is 6.07 Å². The van der Waals surface area contributed by atoms with Crippen molar-refractivity contribution in [1.29, 1.82) is 5.26 Å². The summed E-state index contributed by atoms with van der Waals surface area (Å²) in [6, 6.07) is 9.38. The smallest absolute Gasteiger partial charge is 0.242 e. The molecule has 0 saturated heterocycles. The highest BCUT2D eigenvalue weighted by atomic mass is 32.2. The third kappa shape index (κ3) is 2.56. The van der Waals surface area contributed by atoms with Gasteiger partial charge in [-0.2, -0.15) is 5.26 Å². The number of rotatable bonds is 4. The molecule has 0 aliphatic heterocycles. The zero-order chi connectivity index (χ0) is 13.0. The number of sulfonamides is 1. The summed E-state index contributed by atoms with van der Waals surface area (Å²) in [5.41, 5.74) is 0.0996. The lowest BCUT2D eigenvalue weighted by Gasteiger charge is -2.06. The van der Waals surface area contributed by atoms with Crippen LogP contribution in [0.25, 0.3) is 0 Å². The molecule has 0 saturated carbocycles. The lowest BCUT2D eigenvalue weighted by molar-refractivity contribution is 0.380. The molecular weight excluding hydrogens is 254 g/mol. The molecule has 1 aromatic heterocycles. The number of nitrogens with zero attached hydrogens (tertiary/aromatic N) is 2. The molecule has 0 amide bonds. The fraction of sp³-hybridized carbons (Fsp3) is 0.0909. The van der Waals surface area contributed by atoms with Crippen LogP contribution in [0.15, 0.2) is 45.9 Å². The Bertz CT molecular complexity index is 672. The summed E-state index contributed by atoms with van der Waals surface area (Å²) in [6.07, 6.45) is 1.42. The van der Waals surface area contributed by atoms with Gasteiger partial charge in [-0.05, 0) is 12.1 Å². The van der Waals surface area contributed by atoms with E-state index in [-0.39, 0.29) is 17.0 Å². The van der Waals surface area contributed by atoms with Gasteiger partial charge in [0.05, 0.1) is 23.2 Å². The molecule has 0 radical (unpaired) electrons. The normalized spacial score (nSPS) is 11.1. The van der Waals surface area contributed by atoms with Gasteiger partial charge < -0.3 is 4.52 Å². The van der Waals surface area contributed by atoms with Crippen LogP contribution in [0, 0.1) is 11.3 Å². The Morgan fingerprint density at radius 3 is 2.78 bits per heavy atom. The van der Waals surface area contributed by atoms with Gasteiger partial charge in [-0.25, -0.2) is 13.1 Å². The Morgan fingerprint density at radius 2 is 2.11 bits per heavy atom. The van der Waals surface area contributed by atoms with Gasteiger partial charge in [-0.3, -0.25) is 0 Å². The van der Waals surface area contributed by atoms with Gasteiger partial charge in [-0.15, -0.1) is 0 Å². The van der Waals surface area contributed by atoms with Crippen LogP contribution in [-0.2, 0) is 16.6 Å². The van der Waals surface area contributed by atoms with E-state index in [2.05, 4.69) is 9.88 Å². The Morgan fingerprint density at radius 1 is 1.33 bits per heavy atom. The van der Waals surface area contributed by atoms with Crippen molar-refractivity contribution < 1.29 is 12.9 Å². The van der Waals surface area contributed by atoms with Gasteiger partial charge in [0.1, 0.15) is 6.07 Å². The zero-order valence-corrected chi connectivity index (χ0v) is 10.0. The fourth-order valence-corrected chi connectivity index (χ4v) is 2.52. The molecule has 0 aliphatic carbocycles. The highest BCUT2D eigenvalue weighted by Crippen LogP contribution is 2.14. The van der Waals surface area contributed by atoms with E-state index in [1.54, 1.807) is 18.2 Å². The quantitative estimate of drug-likeness (QED) is 0.888. The molecule has 2 rings (SSSR count). The number of hydrogen-bond acceptors (Lipinski definition) is 5. The van der Waals surface area contributed by atoms with Crippen molar-refractivity contribution in [3.8, 4) is 6.07 Å². The maximum absolute atomic E-state index is 12.0. The van der Waals surface area contributed by atoms with E-state index in [9.17, 15) is 8.42 Å². The summed E-state index contributed by atoms with van der Waals surface area (Å²) in [5, 5.41) is 12.3. The Balaban J connectivity index is 2.23. The lowest BCUT2D eigenvalue weighted by atomic mass is 10.2. The lowest BCUT2D eigenvalue weighted by Crippen LogP contribution is -2.23. The van der Waals surface area contributed by atoms with E-state index < -0.39 is 10.0 Å². The van der Waals surface area contributed by atoms with Crippen molar-refractivity contribution in [3.63, 3.8) is 0 Å². The third-order valence-corrected chi connectivity index (χ3v) is 3.68. The van der Waals surface area contributed by atoms with Crippen LogP contribution >= 0.6 is 0 Å². The molecule has 1 N–H and O–H groups in total. The topological polar surface area (TPSA) is 96.0 Å². The highest BCUT2D eigenvalue weighted by Gasteiger charge is 2.18. The van der Waals surface area contributed by atoms with Crippen LogP contribution in [0.4, 0.5) is 0 Å². The number of nitrogens with one attached hydrogen (secondary N) is 1. The van der Waals surface area contributed by atoms with Gasteiger partial charge in [-0.1, -0.05) is 17.3 Å². The number of aromatic nitrogens is 1. The molecule has 18 heavy (non-hydrogen) atoms. The maximum Gasteiger partial charge on any atom is 0.242 e. The van der Waals surface area contributed by atoms with Gasteiger partial charge in [0.25, 0.3) is 0 Å². The molecule has 0 atom stereocenters. The standard InChI is InChI=1S/C11H9N3O3S/c12-7-9-3-1-2-4-11(9)18(15,16)14-8-10-5-6-13-17-10/h1-6,14H,8H2. The van der Waals surface area contributed by atoms with Gasteiger partial charge >= 0.3 is 0 Å².